The molecule has 0 bridgehead atoms. The van der Waals surface area contributed by atoms with Crippen LogP contribution in [0.5, 0.6) is 0 Å². The molecule has 26 heavy (non-hydrogen) atoms. The van der Waals surface area contributed by atoms with Crippen LogP contribution in [0, 0.1) is 5.82 Å². The first-order chi connectivity index (χ1) is 12.5. The van der Waals surface area contributed by atoms with Crippen LogP contribution >= 0.6 is 15.9 Å². The van der Waals surface area contributed by atoms with Gasteiger partial charge in [0.2, 0.25) is 0 Å². The van der Waals surface area contributed by atoms with Gasteiger partial charge < -0.3 is 9.47 Å². The van der Waals surface area contributed by atoms with Gasteiger partial charge in [0.05, 0.1) is 7.11 Å². The Bertz CT molecular complexity index is 778. The number of rotatable bonds is 7. The van der Waals surface area contributed by atoms with Crippen LogP contribution in [-0.4, -0.2) is 20.3 Å². The van der Waals surface area contributed by atoms with Gasteiger partial charge in [0.15, 0.2) is 0 Å². The summed E-state index contributed by atoms with van der Waals surface area (Å²) in [6.45, 7) is 3.59. The lowest BCUT2D eigenvalue weighted by molar-refractivity contribution is 0.0646. The second kappa shape index (κ2) is 9.64. The molecule has 0 aromatic heterocycles. The summed E-state index contributed by atoms with van der Waals surface area (Å²) in [6.07, 6.45) is 7.64. The molecule has 2 atom stereocenters. The van der Waals surface area contributed by atoms with Crippen molar-refractivity contribution in [3.8, 4) is 0 Å². The van der Waals surface area contributed by atoms with Gasteiger partial charge in [-0.05, 0) is 29.4 Å². The molecule has 1 aliphatic carbocycles. The van der Waals surface area contributed by atoms with E-state index >= 15 is 0 Å². The quantitative estimate of drug-likeness (QED) is 0.494. The molecule has 2 rings (SSSR count). The summed E-state index contributed by atoms with van der Waals surface area (Å²) < 4.78 is 40.2. The first-order valence-corrected chi connectivity index (χ1v) is 8.87. The van der Waals surface area contributed by atoms with Crippen LogP contribution in [-0.2, 0) is 9.47 Å². The predicted molar refractivity (Wildman–Crippen MR) is 104 cm³/mol. The van der Waals surface area contributed by atoms with Crippen LogP contribution in [0.15, 0.2) is 82.9 Å². The molecule has 0 radical (unpaired) electrons. The first-order valence-electron chi connectivity index (χ1n) is 8.08. The van der Waals surface area contributed by atoms with E-state index in [-0.39, 0.29) is 24.0 Å². The Morgan fingerprint density at radius 1 is 1.27 bits per heavy atom. The summed E-state index contributed by atoms with van der Waals surface area (Å²) in [5.74, 6) is -0.494. The maximum Gasteiger partial charge on any atom is 0.129 e. The van der Waals surface area contributed by atoms with E-state index in [1.54, 1.807) is 36.4 Å². The van der Waals surface area contributed by atoms with Crippen molar-refractivity contribution in [1.82, 2.24) is 0 Å². The maximum absolute atomic E-state index is 14.2. The third kappa shape index (κ3) is 4.80. The van der Waals surface area contributed by atoms with E-state index in [2.05, 4.69) is 22.5 Å². The maximum atomic E-state index is 14.2. The van der Waals surface area contributed by atoms with E-state index in [9.17, 15) is 8.78 Å². The summed E-state index contributed by atoms with van der Waals surface area (Å²) in [5.41, 5.74) is 1.17. The highest BCUT2D eigenvalue weighted by molar-refractivity contribution is 9.11. The second-order valence-electron chi connectivity index (χ2n) is 5.70. The van der Waals surface area contributed by atoms with Gasteiger partial charge >= 0.3 is 0 Å². The lowest BCUT2D eigenvalue weighted by Crippen LogP contribution is -2.27. The third-order valence-corrected chi connectivity index (χ3v) is 4.71. The van der Waals surface area contributed by atoms with Crippen molar-refractivity contribution in [1.29, 1.82) is 0 Å². The van der Waals surface area contributed by atoms with Crippen LogP contribution in [0.4, 0.5) is 8.78 Å². The zero-order valence-corrected chi connectivity index (χ0v) is 16.3. The van der Waals surface area contributed by atoms with E-state index in [4.69, 9.17) is 9.47 Å². The molecule has 2 nitrogen and oxygen atoms in total. The van der Waals surface area contributed by atoms with Gasteiger partial charge in [-0.15, -0.1) is 0 Å². The molecule has 138 valence electrons. The van der Waals surface area contributed by atoms with Gasteiger partial charge in [0.25, 0.3) is 0 Å². The number of hydrogen-bond donors (Lipinski definition) is 0. The molecule has 2 unspecified atom stereocenters. The molecule has 1 aromatic carbocycles. The molecule has 0 spiro atoms. The Morgan fingerprint density at radius 2 is 2.00 bits per heavy atom. The van der Waals surface area contributed by atoms with Crippen LogP contribution < -0.4 is 0 Å². The molecule has 0 saturated heterocycles. The van der Waals surface area contributed by atoms with Crippen molar-refractivity contribution >= 4 is 15.9 Å². The fraction of sp³-hybridized carbons (Fsp3) is 0.238. The van der Waals surface area contributed by atoms with Crippen LogP contribution in [0.1, 0.15) is 17.9 Å². The molecule has 0 fully saturated rings. The number of ether oxygens (including phenoxy) is 2. The number of hydrogen-bond acceptors (Lipinski definition) is 2. The number of methoxy groups -OCH3 is 2. The van der Waals surface area contributed by atoms with Crippen LogP contribution in [0.25, 0.3) is 0 Å². The average Bonchev–Trinajstić information content (AvgIpc) is 2.66. The Morgan fingerprint density at radius 3 is 2.62 bits per heavy atom. The van der Waals surface area contributed by atoms with Gasteiger partial charge in [-0.3, -0.25) is 0 Å². The summed E-state index contributed by atoms with van der Waals surface area (Å²) in [7, 11) is 3.04. The van der Waals surface area contributed by atoms with Gasteiger partial charge in [0.1, 0.15) is 23.5 Å². The molecule has 0 heterocycles. The van der Waals surface area contributed by atoms with Gasteiger partial charge in [-0.1, -0.05) is 58.9 Å². The van der Waals surface area contributed by atoms with Crippen molar-refractivity contribution in [2.45, 2.75) is 18.4 Å². The highest BCUT2D eigenvalue weighted by atomic mass is 79.9. The first kappa shape index (κ1) is 20.3. The molecular formula is C21H21BrF2O2. The van der Waals surface area contributed by atoms with Gasteiger partial charge in [0, 0.05) is 23.9 Å². The summed E-state index contributed by atoms with van der Waals surface area (Å²) in [6, 6.07) is 6.54. The van der Waals surface area contributed by atoms with Crippen LogP contribution in [0.3, 0.4) is 0 Å². The topological polar surface area (TPSA) is 18.5 Å². The largest absolute Gasteiger partial charge is 0.498 e. The number of halogens is 3. The molecular weight excluding hydrogens is 402 g/mol. The summed E-state index contributed by atoms with van der Waals surface area (Å²) >= 11 is 3.24. The average molecular weight is 423 g/mol. The second-order valence-corrected chi connectivity index (χ2v) is 6.62. The summed E-state index contributed by atoms with van der Waals surface area (Å²) in [5, 5.41) is 0. The molecule has 0 aliphatic heterocycles. The van der Waals surface area contributed by atoms with E-state index in [1.807, 2.05) is 6.08 Å². The van der Waals surface area contributed by atoms with Crippen molar-refractivity contribution in [2.24, 2.45) is 0 Å². The van der Waals surface area contributed by atoms with Crippen LogP contribution in [0.2, 0.25) is 0 Å². The van der Waals surface area contributed by atoms with Crippen molar-refractivity contribution in [2.75, 3.05) is 14.2 Å². The summed E-state index contributed by atoms with van der Waals surface area (Å²) in [4.78, 5) is 0. The zero-order valence-electron chi connectivity index (χ0n) is 14.7. The minimum atomic E-state index is -0.528. The Hall–Kier alpha value is -1.98. The molecule has 0 N–H and O–H groups in total. The van der Waals surface area contributed by atoms with E-state index < -0.39 is 6.10 Å². The highest BCUT2D eigenvalue weighted by Gasteiger charge is 2.32. The molecule has 1 aliphatic rings. The predicted octanol–water partition coefficient (Wildman–Crippen LogP) is 6.10. The smallest absolute Gasteiger partial charge is 0.129 e. The highest BCUT2D eigenvalue weighted by Crippen LogP contribution is 2.37. The SMILES string of the molecule is C=C/C(Br)=C\C=C(\F)CC1=C(OC)C(OC)C(c2ccccc2F)C=C1. The Labute approximate surface area is 161 Å². The van der Waals surface area contributed by atoms with Gasteiger partial charge in [-0.25, -0.2) is 8.78 Å². The zero-order chi connectivity index (χ0) is 19.1. The Kier molecular flexibility index (Phi) is 7.54. The minimum absolute atomic E-state index is 0.0530. The fourth-order valence-electron chi connectivity index (χ4n) is 2.89. The monoisotopic (exact) mass is 422 g/mol. The number of allylic oxidation sites excluding steroid dienone is 7. The molecule has 0 amide bonds. The molecule has 1 aromatic rings. The van der Waals surface area contributed by atoms with E-state index in [0.717, 1.165) is 0 Å². The lowest BCUT2D eigenvalue weighted by atomic mass is 9.85. The van der Waals surface area contributed by atoms with Crippen molar-refractivity contribution in [3.05, 3.63) is 94.2 Å². The van der Waals surface area contributed by atoms with E-state index in [0.29, 0.717) is 21.4 Å². The standard InChI is InChI=1S/C21H21BrF2O2/c1-4-15(22)10-11-16(23)13-14-9-12-18(21(26-3)20(14)25-2)17-7-5-6-8-19(17)24/h4-12,18,21H,1,13H2,2-3H3/b15-10+,16-11+. The molecule has 5 heteroatoms. The Balaban J connectivity index is 2.32. The molecule has 0 saturated carbocycles. The minimum Gasteiger partial charge on any atom is -0.498 e. The third-order valence-electron chi connectivity index (χ3n) is 4.12. The lowest BCUT2D eigenvalue weighted by Gasteiger charge is -2.30. The van der Waals surface area contributed by atoms with Crippen molar-refractivity contribution in [3.63, 3.8) is 0 Å². The number of benzene rings is 1. The van der Waals surface area contributed by atoms with Gasteiger partial charge in [-0.2, -0.15) is 0 Å². The normalized spacial score (nSPS) is 21.1. The van der Waals surface area contributed by atoms with E-state index in [1.165, 1.54) is 26.4 Å². The fourth-order valence-corrected chi connectivity index (χ4v) is 3.02. The van der Waals surface area contributed by atoms with Crippen molar-refractivity contribution < 1.29 is 18.3 Å².